The summed E-state index contributed by atoms with van der Waals surface area (Å²) in [7, 11) is 2.20. The van der Waals surface area contributed by atoms with Gasteiger partial charge >= 0.3 is 0 Å². The van der Waals surface area contributed by atoms with E-state index >= 15 is 0 Å². The molecule has 1 aromatic heterocycles. The maximum atomic E-state index is 4.69. The van der Waals surface area contributed by atoms with Crippen molar-refractivity contribution in [2.24, 2.45) is 0 Å². The molecule has 3 rings (SSSR count). The molecular formula is C16H26N4. The van der Waals surface area contributed by atoms with Gasteiger partial charge in [0.15, 0.2) is 0 Å². The Hall–Kier alpha value is -1.00. The van der Waals surface area contributed by atoms with Crippen LogP contribution in [0, 0.1) is 0 Å². The summed E-state index contributed by atoms with van der Waals surface area (Å²) >= 11 is 0. The number of likely N-dealkylation sites (tertiary alicyclic amines) is 2. The van der Waals surface area contributed by atoms with Crippen LogP contribution in [-0.4, -0.2) is 53.0 Å². The molecule has 0 spiro atoms. The first-order chi connectivity index (χ1) is 9.81. The Morgan fingerprint density at radius 3 is 2.40 bits per heavy atom. The second-order valence-electron chi connectivity index (χ2n) is 6.35. The Morgan fingerprint density at radius 2 is 1.75 bits per heavy atom. The van der Waals surface area contributed by atoms with Crippen LogP contribution in [0.4, 0.5) is 0 Å². The molecule has 0 aromatic carbocycles. The predicted molar refractivity (Wildman–Crippen MR) is 80.6 cm³/mol. The lowest BCUT2D eigenvalue weighted by molar-refractivity contribution is 0.218. The van der Waals surface area contributed by atoms with E-state index < -0.39 is 0 Å². The predicted octanol–water partition coefficient (Wildman–Crippen LogP) is 2.27. The first-order valence-corrected chi connectivity index (χ1v) is 8.03. The summed E-state index contributed by atoms with van der Waals surface area (Å²) in [5.74, 6) is 0.614. The van der Waals surface area contributed by atoms with Crippen LogP contribution in [-0.2, 0) is 6.54 Å². The molecule has 0 atom stereocenters. The number of hydrogen-bond acceptors (Lipinski definition) is 4. The largest absolute Gasteiger partial charge is 0.306 e. The van der Waals surface area contributed by atoms with E-state index in [1.807, 2.05) is 12.4 Å². The highest BCUT2D eigenvalue weighted by Crippen LogP contribution is 2.25. The van der Waals surface area contributed by atoms with Crippen molar-refractivity contribution >= 4 is 0 Å². The average Bonchev–Trinajstić information content (AvgIpc) is 2.50. The Morgan fingerprint density at radius 1 is 1.00 bits per heavy atom. The first-order valence-electron chi connectivity index (χ1n) is 8.03. The Labute approximate surface area is 122 Å². The molecule has 4 heteroatoms. The molecule has 3 heterocycles. The second kappa shape index (κ2) is 6.64. The van der Waals surface area contributed by atoms with Crippen molar-refractivity contribution in [3.8, 4) is 0 Å². The Balaban J connectivity index is 1.56. The SMILES string of the molecule is CN1CCC(c2cnc(CN3CCCCC3)cn2)CC1. The quantitative estimate of drug-likeness (QED) is 0.846. The zero-order valence-corrected chi connectivity index (χ0v) is 12.6. The number of rotatable bonds is 3. The van der Waals surface area contributed by atoms with Crippen LogP contribution in [0.2, 0.25) is 0 Å². The molecule has 0 bridgehead atoms. The van der Waals surface area contributed by atoms with Crippen molar-refractivity contribution in [3.63, 3.8) is 0 Å². The van der Waals surface area contributed by atoms with Gasteiger partial charge in [0.1, 0.15) is 0 Å². The highest BCUT2D eigenvalue weighted by molar-refractivity contribution is 5.08. The van der Waals surface area contributed by atoms with Crippen molar-refractivity contribution in [3.05, 3.63) is 23.8 Å². The van der Waals surface area contributed by atoms with Crippen LogP contribution >= 0.6 is 0 Å². The smallest absolute Gasteiger partial charge is 0.0727 e. The molecule has 0 N–H and O–H groups in total. The number of aromatic nitrogens is 2. The van der Waals surface area contributed by atoms with Gasteiger partial charge in [-0.15, -0.1) is 0 Å². The van der Waals surface area contributed by atoms with Gasteiger partial charge in [0.05, 0.1) is 17.6 Å². The van der Waals surface area contributed by atoms with Crippen LogP contribution in [0.3, 0.4) is 0 Å². The first kappa shape index (κ1) is 14.0. The van der Waals surface area contributed by atoms with Crippen LogP contribution in [0.5, 0.6) is 0 Å². The van der Waals surface area contributed by atoms with E-state index in [2.05, 4.69) is 26.8 Å². The van der Waals surface area contributed by atoms with Crippen molar-refractivity contribution in [2.75, 3.05) is 33.2 Å². The molecule has 2 aliphatic rings. The molecule has 2 saturated heterocycles. The topological polar surface area (TPSA) is 32.3 Å². The lowest BCUT2D eigenvalue weighted by Crippen LogP contribution is -2.30. The van der Waals surface area contributed by atoms with Gasteiger partial charge in [-0.2, -0.15) is 0 Å². The molecular weight excluding hydrogens is 248 g/mol. The van der Waals surface area contributed by atoms with Crippen molar-refractivity contribution in [1.29, 1.82) is 0 Å². The zero-order chi connectivity index (χ0) is 13.8. The van der Waals surface area contributed by atoms with Gasteiger partial charge in [0.2, 0.25) is 0 Å². The van der Waals surface area contributed by atoms with Crippen molar-refractivity contribution < 1.29 is 0 Å². The molecule has 0 saturated carbocycles. The van der Waals surface area contributed by atoms with E-state index in [9.17, 15) is 0 Å². The molecule has 110 valence electrons. The number of hydrogen-bond donors (Lipinski definition) is 0. The third kappa shape index (κ3) is 3.55. The minimum Gasteiger partial charge on any atom is -0.306 e. The standard InChI is InChI=1S/C16H26N4/c1-19-9-5-14(6-10-19)16-12-17-15(11-18-16)13-20-7-3-2-4-8-20/h11-12,14H,2-10,13H2,1H3. The third-order valence-corrected chi connectivity index (χ3v) is 4.70. The summed E-state index contributed by atoms with van der Waals surface area (Å²) in [5, 5.41) is 0. The molecule has 20 heavy (non-hydrogen) atoms. The highest BCUT2D eigenvalue weighted by atomic mass is 15.1. The summed E-state index contributed by atoms with van der Waals surface area (Å²) < 4.78 is 0. The van der Waals surface area contributed by atoms with Crippen LogP contribution in [0.15, 0.2) is 12.4 Å². The van der Waals surface area contributed by atoms with Gasteiger partial charge in [-0.3, -0.25) is 14.9 Å². The second-order valence-corrected chi connectivity index (χ2v) is 6.35. The third-order valence-electron chi connectivity index (χ3n) is 4.70. The maximum absolute atomic E-state index is 4.69. The van der Waals surface area contributed by atoms with E-state index in [1.54, 1.807) is 0 Å². The molecule has 0 aliphatic carbocycles. The highest BCUT2D eigenvalue weighted by Gasteiger charge is 2.20. The molecule has 1 aromatic rings. The van der Waals surface area contributed by atoms with Crippen LogP contribution in [0.1, 0.15) is 49.4 Å². The van der Waals surface area contributed by atoms with E-state index in [0.29, 0.717) is 5.92 Å². The van der Waals surface area contributed by atoms with Crippen molar-refractivity contribution in [2.45, 2.75) is 44.6 Å². The summed E-state index contributed by atoms with van der Waals surface area (Å²) in [6.45, 7) is 5.78. The lowest BCUT2D eigenvalue weighted by Gasteiger charge is -2.28. The summed E-state index contributed by atoms with van der Waals surface area (Å²) in [4.78, 5) is 14.2. The monoisotopic (exact) mass is 274 g/mol. The molecule has 0 unspecified atom stereocenters. The van der Waals surface area contributed by atoms with Gasteiger partial charge in [-0.25, -0.2) is 0 Å². The zero-order valence-electron chi connectivity index (χ0n) is 12.6. The van der Waals surface area contributed by atoms with E-state index in [1.165, 1.54) is 64.0 Å². The van der Waals surface area contributed by atoms with E-state index in [0.717, 1.165) is 12.2 Å². The molecule has 2 fully saturated rings. The fraction of sp³-hybridized carbons (Fsp3) is 0.750. The fourth-order valence-electron chi connectivity index (χ4n) is 3.31. The average molecular weight is 274 g/mol. The van der Waals surface area contributed by atoms with Crippen LogP contribution < -0.4 is 0 Å². The van der Waals surface area contributed by atoms with E-state index in [-0.39, 0.29) is 0 Å². The van der Waals surface area contributed by atoms with Gasteiger partial charge in [-0.05, 0) is 58.9 Å². The Kier molecular flexibility index (Phi) is 4.63. The Bertz CT molecular complexity index is 403. The summed E-state index contributed by atoms with van der Waals surface area (Å²) in [5.41, 5.74) is 2.32. The van der Waals surface area contributed by atoms with Gasteiger partial charge in [0.25, 0.3) is 0 Å². The van der Waals surface area contributed by atoms with Crippen molar-refractivity contribution in [1.82, 2.24) is 19.8 Å². The molecule has 2 aliphatic heterocycles. The molecule has 0 radical (unpaired) electrons. The molecule has 0 amide bonds. The number of nitrogens with zero attached hydrogens (tertiary/aromatic N) is 4. The number of piperidine rings is 2. The van der Waals surface area contributed by atoms with Gasteiger partial charge in [-0.1, -0.05) is 6.42 Å². The van der Waals surface area contributed by atoms with Crippen LogP contribution in [0.25, 0.3) is 0 Å². The normalized spacial score (nSPS) is 23.1. The molecule has 4 nitrogen and oxygen atoms in total. The summed E-state index contributed by atoms with van der Waals surface area (Å²) in [6, 6.07) is 0. The minimum absolute atomic E-state index is 0.614. The fourth-order valence-corrected chi connectivity index (χ4v) is 3.31. The van der Waals surface area contributed by atoms with Gasteiger partial charge in [0, 0.05) is 18.7 Å². The maximum Gasteiger partial charge on any atom is 0.0727 e. The van der Waals surface area contributed by atoms with Gasteiger partial charge < -0.3 is 4.90 Å². The summed E-state index contributed by atoms with van der Waals surface area (Å²) in [6.07, 6.45) is 10.5. The van der Waals surface area contributed by atoms with E-state index in [4.69, 9.17) is 0 Å². The lowest BCUT2D eigenvalue weighted by atomic mass is 9.94. The minimum atomic E-state index is 0.614.